The lowest BCUT2D eigenvalue weighted by Gasteiger charge is -2.27. The number of benzene rings is 1. The van der Waals surface area contributed by atoms with Crippen molar-refractivity contribution < 1.29 is 13.6 Å². The van der Waals surface area contributed by atoms with Gasteiger partial charge in [-0.15, -0.1) is 0 Å². The summed E-state index contributed by atoms with van der Waals surface area (Å²) >= 11 is 0. The van der Waals surface area contributed by atoms with E-state index in [2.05, 4.69) is 17.2 Å². The Hall–Kier alpha value is -2.41. The maximum absolute atomic E-state index is 13.5. The number of amides is 1. The molecular formula is C22H28F2N4O. The Morgan fingerprint density at radius 3 is 2.62 bits per heavy atom. The highest BCUT2D eigenvalue weighted by Gasteiger charge is 2.36. The van der Waals surface area contributed by atoms with Crippen molar-refractivity contribution >= 4 is 6.41 Å². The SMILES string of the molecule is Cc1cc(-c2ccc(C(C)(F)F)cc2)nc([C@@H]2CC[C@@](C)(CCN(C)C=O)N2)n1. The molecule has 1 saturated heterocycles. The van der Waals surface area contributed by atoms with E-state index in [-0.39, 0.29) is 17.1 Å². The summed E-state index contributed by atoms with van der Waals surface area (Å²) in [4.78, 5) is 21.8. The third kappa shape index (κ3) is 5.15. The summed E-state index contributed by atoms with van der Waals surface area (Å²) < 4.78 is 26.9. The van der Waals surface area contributed by atoms with Crippen molar-refractivity contribution in [2.45, 2.75) is 57.5 Å². The van der Waals surface area contributed by atoms with Crippen LogP contribution >= 0.6 is 0 Å². The minimum atomic E-state index is -2.86. The summed E-state index contributed by atoms with van der Waals surface area (Å²) in [6, 6.07) is 8.15. The van der Waals surface area contributed by atoms with E-state index >= 15 is 0 Å². The van der Waals surface area contributed by atoms with E-state index in [0.717, 1.165) is 55.4 Å². The number of hydrogen-bond donors (Lipinski definition) is 1. The summed E-state index contributed by atoms with van der Waals surface area (Å²) in [5.74, 6) is -2.14. The lowest BCUT2D eigenvalue weighted by Crippen LogP contribution is -2.40. The third-order valence-electron chi connectivity index (χ3n) is 5.57. The predicted molar refractivity (Wildman–Crippen MR) is 109 cm³/mol. The Bertz CT molecular complexity index is 866. The minimum absolute atomic E-state index is 0.0132. The van der Waals surface area contributed by atoms with Crippen LogP contribution in [0.5, 0.6) is 0 Å². The van der Waals surface area contributed by atoms with Crippen molar-refractivity contribution in [3.8, 4) is 11.3 Å². The third-order valence-corrected chi connectivity index (χ3v) is 5.57. The number of alkyl halides is 2. The molecule has 2 aromatic rings. The number of aromatic nitrogens is 2. The Morgan fingerprint density at radius 2 is 2.00 bits per heavy atom. The number of rotatable bonds is 7. The molecule has 0 spiro atoms. The van der Waals surface area contributed by atoms with Crippen LogP contribution in [-0.2, 0) is 10.7 Å². The quantitative estimate of drug-likeness (QED) is 0.705. The van der Waals surface area contributed by atoms with Crippen LogP contribution in [-0.4, -0.2) is 40.4 Å². The van der Waals surface area contributed by atoms with Gasteiger partial charge in [-0.2, -0.15) is 0 Å². The largest absolute Gasteiger partial charge is 0.348 e. The lowest BCUT2D eigenvalue weighted by molar-refractivity contribution is -0.117. The van der Waals surface area contributed by atoms with E-state index in [9.17, 15) is 13.6 Å². The van der Waals surface area contributed by atoms with Gasteiger partial charge in [0, 0.05) is 42.9 Å². The zero-order valence-electron chi connectivity index (χ0n) is 17.4. The number of halogens is 2. The first-order chi connectivity index (χ1) is 13.6. The fraction of sp³-hybridized carbons (Fsp3) is 0.500. The molecule has 29 heavy (non-hydrogen) atoms. The summed E-state index contributed by atoms with van der Waals surface area (Å²) in [6.07, 6.45) is 3.57. The second-order valence-electron chi connectivity index (χ2n) is 8.35. The van der Waals surface area contributed by atoms with Crippen LogP contribution in [0, 0.1) is 6.92 Å². The van der Waals surface area contributed by atoms with Crippen molar-refractivity contribution in [3.63, 3.8) is 0 Å². The van der Waals surface area contributed by atoms with Crippen LogP contribution < -0.4 is 5.32 Å². The fourth-order valence-corrected chi connectivity index (χ4v) is 3.72. The number of nitrogens with zero attached hydrogens (tertiary/aromatic N) is 3. The molecule has 0 saturated carbocycles. The van der Waals surface area contributed by atoms with Crippen molar-refractivity contribution in [1.29, 1.82) is 0 Å². The van der Waals surface area contributed by atoms with Gasteiger partial charge in [0.1, 0.15) is 5.82 Å². The van der Waals surface area contributed by atoms with E-state index in [0.29, 0.717) is 6.54 Å². The van der Waals surface area contributed by atoms with Gasteiger partial charge < -0.3 is 10.2 Å². The molecule has 0 radical (unpaired) electrons. The van der Waals surface area contributed by atoms with E-state index in [1.54, 1.807) is 24.1 Å². The summed E-state index contributed by atoms with van der Waals surface area (Å²) in [6.45, 7) is 5.65. The molecule has 0 aliphatic carbocycles. The molecule has 1 amide bonds. The molecule has 7 heteroatoms. The lowest BCUT2D eigenvalue weighted by atomic mass is 9.96. The maximum atomic E-state index is 13.5. The molecule has 5 nitrogen and oxygen atoms in total. The van der Waals surface area contributed by atoms with Crippen molar-refractivity contribution in [2.24, 2.45) is 0 Å². The molecule has 0 bridgehead atoms. The molecule has 156 valence electrons. The monoisotopic (exact) mass is 402 g/mol. The smallest absolute Gasteiger partial charge is 0.270 e. The molecule has 2 heterocycles. The van der Waals surface area contributed by atoms with Crippen LogP contribution in [0.1, 0.15) is 56.2 Å². The average Bonchev–Trinajstić information content (AvgIpc) is 3.08. The van der Waals surface area contributed by atoms with Gasteiger partial charge in [0.15, 0.2) is 0 Å². The van der Waals surface area contributed by atoms with Gasteiger partial charge in [0.25, 0.3) is 5.92 Å². The average molecular weight is 402 g/mol. The van der Waals surface area contributed by atoms with E-state index in [4.69, 9.17) is 4.98 Å². The van der Waals surface area contributed by atoms with Gasteiger partial charge in [-0.05, 0) is 39.2 Å². The number of carbonyl (C=O) groups is 1. The molecule has 1 aromatic carbocycles. The topological polar surface area (TPSA) is 58.1 Å². The molecule has 3 rings (SSSR count). The van der Waals surface area contributed by atoms with Gasteiger partial charge in [-0.25, -0.2) is 18.7 Å². The van der Waals surface area contributed by atoms with Gasteiger partial charge in [0.2, 0.25) is 6.41 Å². The van der Waals surface area contributed by atoms with Crippen molar-refractivity contribution in [2.75, 3.05) is 13.6 Å². The summed E-state index contributed by atoms with van der Waals surface area (Å²) in [5.41, 5.74) is 2.27. The Balaban J connectivity index is 1.78. The maximum Gasteiger partial charge on any atom is 0.270 e. The van der Waals surface area contributed by atoms with Crippen molar-refractivity contribution in [3.05, 3.63) is 47.4 Å². The number of nitrogens with one attached hydrogen (secondary N) is 1. The van der Waals surface area contributed by atoms with Gasteiger partial charge in [-0.1, -0.05) is 24.3 Å². The van der Waals surface area contributed by atoms with Crippen LogP contribution in [0.25, 0.3) is 11.3 Å². The van der Waals surface area contributed by atoms with Crippen LogP contribution in [0.4, 0.5) is 8.78 Å². The summed E-state index contributed by atoms with van der Waals surface area (Å²) in [5, 5.41) is 3.63. The fourth-order valence-electron chi connectivity index (χ4n) is 3.72. The van der Waals surface area contributed by atoms with Crippen LogP contribution in [0.15, 0.2) is 30.3 Å². The molecule has 2 atom stereocenters. The Kier molecular flexibility index (Phi) is 5.98. The standard InChI is InChI=1S/C22H28F2N4O/c1-15-13-19(16-5-7-17(8-6-16)22(3,23)24)26-20(25-15)18-9-10-21(2,27-18)11-12-28(4)14-29/h5-8,13-14,18,27H,9-12H2,1-4H3/t18-,21-/m0/s1. The molecule has 1 aliphatic rings. The number of aryl methyl sites for hydroxylation is 1. The molecular weight excluding hydrogens is 374 g/mol. The Morgan fingerprint density at radius 1 is 1.31 bits per heavy atom. The highest BCUT2D eigenvalue weighted by molar-refractivity contribution is 5.60. The second kappa shape index (κ2) is 8.14. The molecule has 1 N–H and O–H groups in total. The first kappa shape index (κ1) is 21.3. The van der Waals surface area contributed by atoms with E-state index in [1.165, 1.54) is 12.1 Å². The molecule has 1 aromatic heterocycles. The zero-order valence-corrected chi connectivity index (χ0v) is 17.4. The van der Waals surface area contributed by atoms with Gasteiger partial charge in [-0.3, -0.25) is 4.79 Å². The summed E-state index contributed by atoms with van der Waals surface area (Å²) in [7, 11) is 1.78. The van der Waals surface area contributed by atoms with Crippen LogP contribution in [0.3, 0.4) is 0 Å². The predicted octanol–water partition coefficient (Wildman–Crippen LogP) is 4.23. The second-order valence-corrected chi connectivity index (χ2v) is 8.35. The van der Waals surface area contributed by atoms with Crippen molar-refractivity contribution in [1.82, 2.24) is 20.2 Å². The number of carbonyl (C=O) groups excluding carboxylic acids is 1. The normalized spacial score (nSPS) is 21.9. The Labute approximate surface area is 170 Å². The number of hydrogen-bond acceptors (Lipinski definition) is 4. The first-order valence-electron chi connectivity index (χ1n) is 9.87. The zero-order chi connectivity index (χ0) is 21.2. The van der Waals surface area contributed by atoms with E-state index in [1.807, 2.05) is 13.0 Å². The van der Waals surface area contributed by atoms with Gasteiger partial charge >= 0.3 is 0 Å². The van der Waals surface area contributed by atoms with E-state index < -0.39 is 5.92 Å². The van der Waals surface area contributed by atoms with Crippen LogP contribution in [0.2, 0.25) is 0 Å². The highest BCUT2D eigenvalue weighted by atomic mass is 19.3. The molecule has 1 aliphatic heterocycles. The first-order valence-corrected chi connectivity index (χ1v) is 9.87. The molecule has 1 fully saturated rings. The molecule has 0 unspecified atom stereocenters. The van der Waals surface area contributed by atoms with Gasteiger partial charge in [0.05, 0.1) is 11.7 Å². The minimum Gasteiger partial charge on any atom is -0.348 e. The highest BCUT2D eigenvalue weighted by Crippen LogP contribution is 2.34.